The van der Waals surface area contributed by atoms with Gasteiger partial charge in [0, 0.05) is 16.3 Å². The Hall–Kier alpha value is -0.720. The second kappa shape index (κ2) is 4.75. The molecule has 0 aromatic carbocycles. The molecule has 3 rings (SSSR count). The summed E-state index contributed by atoms with van der Waals surface area (Å²) in [7, 11) is 0. The van der Waals surface area contributed by atoms with Crippen molar-refractivity contribution in [3.63, 3.8) is 0 Å². The second-order valence-electron chi connectivity index (χ2n) is 4.58. The summed E-state index contributed by atoms with van der Waals surface area (Å²) in [6.45, 7) is 4.41. The molecule has 0 unspecified atom stereocenters. The van der Waals surface area contributed by atoms with Crippen molar-refractivity contribution in [1.82, 2.24) is 14.6 Å². The van der Waals surface area contributed by atoms with Crippen molar-refractivity contribution in [3.8, 4) is 10.6 Å². The molecule has 0 fully saturated rings. The number of thiophene rings is 1. The van der Waals surface area contributed by atoms with E-state index >= 15 is 0 Å². The summed E-state index contributed by atoms with van der Waals surface area (Å²) in [5.41, 5.74) is 1.00. The fourth-order valence-electron chi connectivity index (χ4n) is 1.74. The van der Waals surface area contributed by atoms with Gasteiger partial charge in [0.25, 0.3) is 0 Å². The van der Waals surface area contributed by atoms with Crippen LogP contribution in [0.4, 0.5) is 0 Å². The molecular formula is C12H12BrN3S2. The third kappa shape index (κ3) is 2.37. The maximum atomic E-state index is 4.63. The average molecular weight is 342 g/mol. The summed E-state index contributed by atoms with van der Waals surface area (Å²) in [6, 6.07) is 2.09. The Labute approximate surface area is 122 Å². The van der Waals surface area contributed by atoms with Crippen LogP contribution < -0.4 is 0 Å². The Kier molecular flexibility index (Phi) is 3.25. The Morgan fingerprint density at radius 3 is 2.89 bits per heavy atom. The van der Waals surface area contributed by atoms with E-state index in [0.717, 1.165) is 26.6 Å². The standard InChI is InChI=1S/C12H12BrN3S2/c1-7(2)3-11-15-16-5-9(14-12(16)18-11)10-4-8(13)6-17-10/h4-7H,3H2,1-2H3. The summed E-state index contributed by atoms with van der Waals surface area (Å²) in [5.74, 6) is 0.633. The fourth-order valence-corrected chi connectivity index (χ4v) is 4.21. The van der Waals surface area contributed by atoms with Gasteiger partial charge < -0.3 is 0 Å². The third-order valence-corrected chi connectivity index (χ3v) is 5.15. The van der Waals surface area contributed by atoms with Gasteiger partial charge in [0.05, 0.1) is 11.1 Å². The summed E-state index contributed by atoms with van der Waals surface area (Å²) < 4.78 is 3.00. The van der Waals surface area contributed by atoms with Crippen LogP contribution in [-0.4, -0.2) is 14.6 Å². The third-order valence-electron chi connectivity index (χ3n) is 2.49. The van der Waals surface area contributed by atoms with Crippen molar-refractivity contribution in [1.29, 1.82) is 0 Å². The van der Waals surface area contributed by atoms with Crippen LogP contribution in [0.15, 0.2) is 22.1 Å². The fraction of sp³-hybridized carbons (Fsp3) is 0.333. The molecule has 3 heterocycles. The second-order valence-corrected chi connectivity index (χ2v) is 7.44. The number of hydrogen-bond donors (Lipinski definition) is 0. The van der Waals surface area contributed by atoms with Gasteiger partial charge in [0.1, 0.15) is 10.7 Å². The molecule has 6 heteroatoms. The SMILES string of the molecule is CC(C)Cc1nn2cc(-c3cc(Br)cs3)nc2s1. The van der Waals surface area contributed by atoms with Crippen molar-refractivity contribution in [2.75, 3.05) is 0 Å². The summed E-state index contributed by atoms with van der Waals surface area (Å²) >= 11 is 6.84. The van der Waals surface area contributed by atoms with E-state index in [4.69, 9.17) is 0 Å². The van der Waals surface area contributed by atoms with Gasteiger partial charge in [-0.05, 0) is 27.9 Å². The van der Waals surface area contributed by atoms with E-state index in [2.05, 4.69) is 51.3 Å². The summed E-state index contributed by atoms with van der Waals surface area (Å²) in [6.07, 6.45) is 3.03. The average Bonchev–Trinajstić information content (AvgIpc) is 2.90. The highest BCUT2D eigenvalue weighted by molar-refractivity contribution is 9.10. The van der Waals surface area contributed by atoms with Gasteiger partial charge >= 0.3 is 0 Å². The molecule has 0 bridgehead atoms. The van der Waals surface area contributed by atoms with Gasteiger partial charge in [-0.2, -0.15) is 5.10 Å². The first-order valence-corrected chi connectivity index (χ1v) is 8.20. The Bertz CT molecular complexity index is 649. The van der Waals surface area contributed by atoms with Gasteiger partial charge in [0.2, 0.25) is 4.96 Å². The predicted molar refractivity (Wildman–Crippen MR) is 80.4 cm³/mol. The number of nitrogens with zero attached hydrogens (tertiary/aromatic N) is 3. The molecule has 0 saturated carbocycles. The number of aromatic nitrogens is 3. The van der Waals surface area contributed by atoms with Gasteiger partial charge in [-0.3, -0.25) is 0 Å². The first-order valence-electron chi connectivity index (χ1n) is 5.71. The molecule has 0 spiro atoms. The molecule has 0 aliphatic rings. The Balaban J connectivity index is 1.95. The summed E-state index contributed by atoms with van der Waals surface area (Å²) in [4.78, 5) is 6.78. The smallest absolute Gasteiger partial charge is 0.212 e. The summed E-state index contributed by atoms with van der Waals surface area (Å²) in [5, 5.41) is 7.80. The molecule has 0 saturated heterocycles. The minimum Gasteiger partial charge on any atom is -0.217 e. The minimum absolute atomic E-state index is 0.633. The van der Waals surface area contributed by atoms with Crippen LogP contribution in [0, 0.1) is 5.92 Å². The lowest BCUT2D eigenvalue weighted by Crippen LogP contribution is -1.94. The molecule has 0 radical (unpaired) electrons. The zero-order chi connectivity index (χ0) is 12.7. The van der Waals surface area contributed by atoms with Crippen LogP contribution >= 0.6 is 38.6 Å². The van der Waals surface area contributed by atoms with E-state index in [-0.39, 0.29) is 0 Å². The molecule has 3 nitrogen and oxygen atoms in total. The lowest BCUT2D eigenvalue weighted by molar-refractivity contribution is 0.637. The molecule has 0 N–H and O–H groups in total. The zero-order valence-corrected chi connectivity index (χ0v) is 13.3. The molecule has 0 aliphatic carbocycles. The lowest BCUT2D eigenvalue weighted by Gasteiger charge is -1.97. The predicted octanol–water partition coefficient (Wildman–Crippen LogP) is 4.48. The quantitative estimate of drug-likeness (QED) is 0.702. The maximum Gasteiger partial charge on any atom is 0.212 e. The van der Waals surface area contributed by atoms with E-state index in [1.165, 1.54) is 4.88 Å². The van der Waals surface area contributed by atoms with Gasteiger partial charge in [-0.25, -0.2) is 9.50 Å². The number of rotatable bonds is 3. The molecule has 18 heavy (non-hydrogen) atoms. The van der Waals surface area contributed by atoms with E-state index in [9.17, 15) is 0 Å². The number of halogens is 1. The first kappa shape index (κ1) is 12.3. The Morgan fingerprint density at radius 2 is 2.28 bits per heavy atom. The Morgan fingerprint density at radius 1 is 1.44 bits per heavy atom. The van der Waals surface area contributed by atoms with Crippen LogP contribution in [0.5, 0.6) is 0 Å². The highest BCUT2D eigenvalue weighted by Crippen LogP contribution is 2.30. The van der Waals surface area contributed by atoms with E-state index in [1.54, 1.807) is 22.7 Å². The largest absolute Gasteiger partial charge is 0.217 e. The maximum absolute atomic E-state index is 4.63. The lowest BCUT2D eigenvalue weighted by atomic mass is 10.1. The molecule has 3 aromatic rings. The van der Waals surface area contributed by atoms with Crippen LogP contribution in [0.2, 0.25) is 0 Å². The molecule has 3 aromatic heterocycles. The van der Waals surface area contributed by atoms with E-state index in [1.807, 2.05) is 10.7 Å². The molecular weight excluding hydrogens is 330 g/mol. The van der Waals surface area contributed by atoms with Crippen LogP contribution in [0.25, 0.3) is 15.5 Å². The van der Waals surface area contributed by atoms with Crippen molar-refractivity contribution in [2.24, 2.45) is 5.92 Å². The number of fused-ring (bicyclic) bond motifs is 1. The van der Waals surface area contributed by atoms with Crippen molar-refractivity contribution in [3.05, 3.63) is 27.1 Å². The van der Waals surface area contributed by atoms with Crippen molar-refractivity contribution in [2.45, 2.75) is 20.3 Å². The van der Waals surface area contributed by atoms with Gasteiger partial charge in [-0.15, -0.1) is 11.3 Å². The highest BCUT2D eigenvalue weighted by Gasteiger charge is 2.11. The van der Waals surface area contributed by atoms with Crippen molar-refractivity contribution < 1.29 is 0 Å². The topological polar surface area (TPSA) is 30.2 Å². The van der Waals surface area contributed by atoms with Gasteiger partial charge in [0.15, 0.2) is 0 Å². The zero-order valence-electron chi connectivity index (χ0n) is 10.1. The van der Waals surface area contributed by atoms with E-state index < -0.39 is 0 Å². The normalized spacial score (nSPS) is 11.8. The molecule has 0 amide bonds. The van der Waals surface area contributed by atoms with Crippen LogP contribution in [0.1, 0.15) is 18.9 Å². The number of imidazole rings is 1. The van der Waals surface area contributed by atoms with Crippen molar-refractivity contribution >= 4 is 43.6 Å². The van der Waals surface area contributed by atoms with Gasteiger partial charge in [-0.1, -0.05) is 25.2 Å². The highest BCUT2D eigenvalue weighted by atomic mass is 79.9. The molecule has 0 aliphatic heterocycles. The van der Waals surface area contributed by atoms with Crippen LogP contribution in [-0.2, 0) is 6.42 Å². The number of hydrogen-bond acceptors (Lipinski definition) is 4. The minimum atomic E-state index is 0.633. The first-order chi connectivity index (χ1) is 8.61. The van der Waals surface area contributed by atoms with E-state index in [0.29, 0.717) is 5.92 Å². The monoisotopic (exact) mass is 341 g/mol. The van der Waals surface area contributed by atoms with Crippen LogP contribution in [0.3, 0.4) is 0 Å². The molecule has 0 atom stereocenters. The molecule has 94 valence electrons.